The molecule has 0 bridgehead atoms. The predicted molar refractivity (Wildman–Crippen MR) is 70.9 cm³/mol. The minimum atomic E-state index is -4.62. The van der Waals surface area contributed by atoms with E-state index >= 15 is 0 Å². The molecule has 1 aromatic heterocycles. The quantitative estimate of drug-likeness (QED) is 0.677. The largest absolute Gasteiger partial charge is 0.433 e. The first-order valence-corrected chi connectivity index (χ1v) is 6.75. The number of halogens is 3. The third kappa shape index (κ3) is 3.83. The Labute approximate surface area is 119 Å². The smallest absolute Gasteiger partial charge is 0.377 e. The van der Waals surface area contributed by atoms with Gasteiger partial charge in [-0.1, -0.05) is 19.8 Å². The van der Waals surface area contributed by atoms with Crippen LogP contribution in [0.4, 0.5) is 24.5 Å². The van der Waals surface area contributed by atoms with E-state index in [1.54, 1.807) is 0 Å². The van der Waals surface area contributed by atoms with Crippen LogP contribution in [-0.4, -0.2) is 15.9 Å². The van der Waals surface area contributed by atoms with Crippen LogP contribution in [0.3, 0.4) is 0 Å². The van der Waals surface area contributed by atoms with Gasteiger partial charge in [-0.2, -0.15) is 13.2 Å². The molecule has 0 amide bonds. The van der Waals surface area contributed by atoms with Gasteiger partial charge in [0.15, 0.2) is 0 Å². The number of aromatic nitrogens is 1. The van der Waals surface area contributed by atoms with E-state index in [9.17, 15) is 23.3 Å². The summed E-state index contributed by atoms with van der Waals surface area (Å²) in [7, 11) is 0. The van der Waals surface area contributed by atoms with Crippen molar-refractivity contribution in [3.63, 3.8) is 0 Å². The number of hydrogen-bond acceptors (Lipinski definition) is 4. The van der Waals surface area contributed by atoms with Crippen LogP contribution >= 0.6 is 0 Å². The van der Waals surface area contributed by atoms with E-state index in [0.717, 1.165) is 31.7 Å². The number of nitrogens with zero attached hydrogens (tertiary/aromatic N) is 2. The Morgan fingerprint density at radius 2 is 2.14 bits per heavy atom. The van der Waals surface area contributed by atoms with Gasteiger partial charge < -0.3 is 5.32 Å². The second-order valence-electron chi connectivity index (χ2n) is 5.45. The van der Waals surface area contributed by atoms with Gasteiger partial charge in [-0.05, 0) is 24.8 Å². The van der Waals surface area contributed by atoms with Gasteiger partial charge in [-0.15, -0.1) is 0 Å². The Morgan fingerprint density at radius 1 is 1.43 bits per heavy atom. The Kier molecular flexibility index (Phi) is 4.34. The second-order valence-corrected chi connectivity index (χ2v) is 5.45. The topological polar surface area (TPSA) is 68.1 Å². The van der Waals surface area contributed by atoms with E-state index in [4.69, 9.17) is 0 Å². The Hall–Kier alpha value is -1.86. The number of alkyl halides is 3. The van der Waals surface area contributed by atoms with E-state index in [0.29, 0.717) is 12.1 Å². The zero-order chi connectivity index (χ0) is 15.6. The van der Waals surface area contributed by atoms with Gasteiger partial charge in [0.2, 0.25) is 0 Å². The van der Waals surface area contributed by atoms with E-state index in [1.165, 1.54) is 0 Å². The van der Waals surface area contributed by atoms with E-state index in [1.807, 2.05) is 0 Å². The standard InChI is InChI=1S/C13H16F3N3O2/c1-8-3-2-4-9(5-8)18-10-6-12(13(14,15)16)17-7-11(10)19(20)21/h6-9H,2-5H2,1H3,(H,17,18). The van der Waals surface area contributed by atoms with E-state index in [2.05, 4.69) is 17.2 Å². The molecule has 1 N–H and O–H groups in total. The molecule has 2 unspecified atom stereocenters. The van der Waals surface area contributed by atoms with Crippen molar-refractivity contribution in [3.8, 4) is 0 Å². The van der Waals surface area contributed by atoms with Crippen molar-refractivity contribution < 1.29 is 18.1 Å². The van der Waals surface area contributed by atoms with Gasteiger partial charge in [0, 0.05) is 6.04 Å². The fraction of sp³-hybridized carbons (Fsp3) is 0.615. The molecule has 5 nitrogen and oxygen atoms in total. The predicted octanol–water partition coefficient (Wildman–Crippen LogP) is 4.00. The molecule has 116 valence electrons. The molecular weight excluding hydrogens is 287 g/mol. The fourth-order valence-electron chi connectivity index (χ4n) is 2.65. The Bertz CT molecular complexity index is 534. The molecule has 1 saturated carbocycles. The molecule has 0 radical (unpaired) electrons. The Morgan fingerprint density at radius 3 is 2.71 bits per heavy atom. The van der Waals surface area contributed by atoms with Crippen molar-refractivity contribution in [2.75, 3.05) is 5.32 Å². The highest BCUT2D eigenvalue weighted by Crippen LogP contribution is 2.34. The minimum absolute atomic E-state index is 0.0454. The van der Waals surface area contributed by atoms with Crippen LogP contribution < -0.4 is 5.32 Å². The maximum absolute atomic E-state index is 12.7. The number of pyridine rings is 1. The molecule has 0 saturated heterocycles. The normalized spacial score (nSPS) is 22.9. The fourth-order valence-corrected chi connectivity index (χ4v) is 2.65. The molecular formula is C13H16F3N3O2. The third-order valence-electron chi connectivity index (χ3n) is 3.67. The van der Waals surface area contributed by atoms with Crippen molar-refractivity contribution in [3.05, 3.63) is 28.1 Å². The molecule has 2 atom stereocenters. The first-order valence-electron chi connectivity index (χ1n) is 6.75. The van der Waals surface area contributed by atoms with Gasteiger partial charge in [-0.25, -0.2) is 4.98 Å². The summed E-state index contributed by atoms with van der Waals surface area (Å²) in [4.78, 5) is 13.3. The highest BCUT2D eigenvalue weighted by atomic mass is 19.4. The minimum Gasteiger partial charge on any atom is -0.377 e. The number of anilines is 1. The molecule has 21 heavy (non-hydrogen) atoms. The zero-order valence-corrected chi connectivity index (χ0v) is 11.5. The average Bonchev–Trinajstić information content (AvgIpc) is 2.37. The molecule has 1 aliphatic carbocycles. The van der Waals surface area contributed by atoms with E-state index < -0.39 is 22.5 Å². The van der Waals surface area contributed by atoms with E-state index in [-0.39, 0.29) is 11.7 Å². The third-order valence-corrected chi connectivity index (χ3v) is 3.67. The maximum atomic E-state index is 12.7. The van der Waals surface area contributed by atoms with Crippen molar-refractivity contribution in [2.45, 2.75) is 44.8 Å². The van der Waals surface area contributed by atoms with Crippen molar-refractivity contribution in [1.82, 2.24) is 4.98 Å². The van der Waals surface area contributed by atoms with Crippen molar-refractivity contribution >= 4 is 11.4 Å². The maximum Gasteiger partial charge on any atom is 0.433 e. The summed E-state index contributed by atoms with van der Waals surface area (Å²) in [6.45, 7) is 2.07. The van der Waals surface area contributed by atoms with Gasteiger partial charge in [0.1, 0.15) is 17.6 Å². The first-order chi connectivity index (χ1) is 9.77. The molecule has 1 aromatic rings. The number of hydrogen-bond donors (Lipinski definition) is 1. The summed E-state index contributed by atoms with van der Waals surface area (Å²) in [5, 5.41) is 13.8. The van der Waals surface area contributed by atoms with Gasteiger partial charge >= 0.3 is 11.9 Å². The van der Waals surface area contributed by atoms with Crippen LogP contribution in [0.15, 0.2) is 12.3 Å². The lowest BCUT2D eigenvalue weighted by atomic mass is 9.87. The molecule has 0 aromatic carbocycles. The molecule has 8 heteroatoms. The lowest BCUT2D eigenvalue weighted by Gasteiger charge is -2.28. The average molecular weight is 303 g/mol. The second kappa shape index (κ2) is 5.87. The van der Waals surface area contributed by atoms with Gasteiger partial charge in [0.25, 0.3) is 0 Å². The summed E-state index contributed by atoms with van der Waals surface area (Å²) in [6.07, 6.45) is -0.330. The van der Waals surface area contributed by atoms with Crippen LogP contribution in [0.5, 0.6) is 0 Å². The van der Waals surface area contributed by atoms with Crippen LogP contribution in [0.25, 0.3) is 0 Å². The molecule has 1 heterocycles. The van der Waals surface area contributed by atoms with Crippen molar-refractivity contribution in [1.29, 1.82) is 0 Å². The monoisotopic (exact) mass is 303 g/mol. The number of rotatable bonds is 3. The summed E-state index contributed by atoms with van der Waals surface area (Å²) >= 11 is 0. The van der Waals surface area contributed by atoms with Crippen LogP contribution in [0.1, 0.15) is 38.3 Å². The van der Waals surface area contributed by atoms with Crippen LogP contribution in [-0.2, 0) is 6.18 Å². The van der Waals surface area contributed by atoms with Crippen LogP contribution in [0.2, 0.25) is 0 Å². The van der Waals surface area contributed by atoms with Crippen molar-refractivity contribution in [2.24, 2.45) is 5.92 Å². The molecule has 0 spiro atoms. The highest BCUT2D eigenvalue weighted by Gasteiger charge is 2.34. The Balaban J connectivity index is 2.28. The molecule has 1 aliphatic rings. The summed E-state index contributed by atoms with van der Waals surface area (Å²) < 4.78 is 38.0. The van der Waals surface area contributed by atoms with Gasteiger partial charge in [0.05, 0.1) is 4.92 Å². The van der Waals surface area contributed by atoms with Crippen LogP contribution in [0, 0.1) is 16.0 Å². The lowest BCUT2D eigenvalue weighted by molar-refractivity contribution is -0.384. The summed E-state index contributed by atoms with van der Waals surface area (Å²) in [6, 6.07) is 0.674. The highest BCUT2D eigenvalue weighted by molar-refractivity contribution is 5.61. The molecule has 0 aliphatic heterocycles. The zero-order valence-electron chi connectivity index (χ0n) is 11.5. The summed E-state index contributed by atoms with van der Waals surface area (Å²) in [5.74, 6) is 0.458. The molecule has 2 rings (SSSR count). The number of nitrogens with one attached hydrogen (secondary N) is 1. The summed E-state index contributed by atoms with van der Waals surface area (Å²) in [5.41, 5.74) is -1.66. The number of nitro groups is 1. The van der Waals surface area contributed by atoms with Gasteiger partial charge in [-0.3, -0.25) is 10.1 Å². The lowest BCUT2D eigenvalue weighted by Crippen LogP contribution is -2.26. The SMILES string of the molecule is CC1CCCC(Nc2cc(C(F)(F)F)ncc2[N+](=O)[O-])C1. The molecule has 1 fully saturated rings. The first kappa shape index (κ1) is 15.5.